The average Bonchev–Trinajstić information content (AvgIpc) is 3.51. The molecule has 2 nitrogen and oxygen atoms in total. The minimum atomic E-state index is 0.771. The van der Waals surface area contributed by atoms with Crippen molar-refractivity contribution >= 4 is 34.8 Å². The smallest absolute Gasteiger partial charge is 0.0510 e. The first-order chi connectivity index (χ1) is 15.7. The highest BCUT2D eigenvalue weighted by molar-refractivity contribution is 7.15. The molecule has 2 heterocycles. The predicted octanol–water partition coefficient (Wildman–Crippen LogP) is 7.69. The Morgan fingerprint density at radius 2 is 0.969 bits per heavy atom. The van der Waals surface area contributed by atoms with E-state index in [1.807, 2.05) is 22.7 Å². The molecule has 0 amide bonds. The lowest BCUT2D eigenvalue weighted by Gasteiger charge is -2.01. The van der Waals surface area contributed by atoms with Crippen LogP contribution in [0.4, 0.5) is 0 Å². The summed E-state index contributed by atoms with van der Waals surface area (Å²) in [5.74, 6) is 0. The van der Waals surface area contributed by atoms with Crippen molar-refractivity contribution in [2.24, 2.45) is 0 Å². The van der Waals surface area contributed by atoms with Crippen molar-refractivity contribution in [2.45, 2.75) is 12.8 Å². The molecule has 0 saturated carbocycles. The fraction of sp³-hybridized carbons (Fsp3) is 0.214. The van der Waals surface area contributed by atoms with E-state index in [-0.39, 0.29) is 0 Å². The molecule has 0 aliphatic carbocycles. The Balaban J connectivity index is 1.37. The number of hydrogen-bond donors (Lipinski definition) is 0. The van der Waals surface area contributed by atoms with Gasteiger partial charge in [0.2, 0.25) is 0 Å². The van der Waals surface area contributed by atoms with E-state index in [0.717, 1.165) is 26.1 Å². The van der Waals surface area contributed by atoms with Gasteiger partial charge in [0.1, 0.15) is 0 Å². The van der Waals surface area contributed by atoms with E-state index in [1.165, 1.54) is 41.8 Å². The van der Waals surface area contributed by atoms with Crippen LogP contribution in [0.25, 0.3) is 33.0 Å². The minimum Gasteiger partial charge on any atom is -0.384 e. The van der Waals surface area contributed by atoms with Crippen LogP contribution in [-0.4, -0.2) is 27.4 Å². The number of hydrogen-bond acceptors (Lipinski definition) is 4. The molecule has 2 aromatic heterocycles. The molecule has 0 fully saturated rings. The first-order valence-corrected chi connectivity index (χ1v) is 12.4. The fourth-order valence-corrected chi connectivity index (χ4v) is 5.44. The molecular formula is C28H28O2S2. The highest BCUT2D eigenvalue weighted by atomic mass is 32.1. The van der Waals surface area contributed by atoms with Crippen LogP contribution in [0.2, 0.25) is 0 Å². The lowest BCUT2D eigenvalue weighted by Crippen LogP contribution is -1.90. The van der Waals surface area contributed by atoms with Gasteiger partial charge in [-0.25, -0.2) is 0 Å². The van der Waals surface area contributed by atoms with Gasteiger partial charge in [-0.3, -0.25) is 0 Å². The van der Waals surface area contributed by atoms with E-state index in [1.54, 1.807) is 14.2 Å². The van der Waals surface area contributed by atoms with Crippen LogP contribution in [0.1, 0.15) is 20.9 Å². The van der Waals surface area contributed by atoms with Crippen LogP contribution in [-0.2, 0) is 22.3 Å². The van der Waals surface area contributed by atoms with Crippen LogP contribution < -0.4 is 0 Å². The number of benzene rings is 2. The monoisotopic (exact) mass is 460 g/mol. The second-order valence-corrected chi connectivity index (χ2v) is 9.93. The first-order valence-electron chi connectivity index (χ1n) is 10.8. The highest BCUT2D eigenvalue weighted by Gasteiger charge is 2.04. The van der Waals surface area contributed by atoms with Gasteiger partial charge >= 0.3 is 0 Å². The zero-order valence-electron chi connectivity index (χ0n) is 18.5. The molecule has 4 aromatic rings. The Hall–Kier alpha value is -2.50. The van der Waals surface area contributed by atoms with Gasteiger partial charge in [-0.05, 0) is 46.5 Å². The molecule has 0 radical (unpaired) electrons. The maximum absolute atomic E-state index is 5.18. The Labute approximate surface area is 198 Å². The molecule has 0 spiro atoms. The Morgan fingerprint density at radius 1 is 0.562 bits per heavy atom. The van der Waals surface area contributed by atoms with Gasteiger partial charge < -0.3 is 9.47 Å². The molecule has 32 heavy (non-hydrogen) atoms. The molecule has 0 bridgehead atoms. The van der Waals surface area contributed by atoms with Gasteiger partial charge in [-0.2, -0.15) is 0 Å². The largest absolute Gasteiger partial charge is 0.384 e. The van der Waals surface area contributed by atoms with E-state index in [9.17, 15) is 0 Å². The number of thiophene rings is 2. The zero-order valence-corrected chi connectivity index (χ0v) is 20.2. The van der Waals surface area contributed by atoms with Gasteiger partial charge in [-0.15, -0.1) is 22.7 Å². The molecule has 164 valence electrons. The standard InChI is InChI=1S/C28H28O2S2/c1-29-19-17-25-13-15-27(31-25)23-9-5-21(6-10-23)3-4-22-7-11-24(12-8-22)28-16-14-26(32-28)18-20-30-2/h3-16H,17-20H2,1-2H3/b4-3+. The molecule has 0 unspecified atom stereocenters. The van der Waals surface area contributed by atoms with Crippen LogP contribution in [0.15, 0.2) is 72.8 Å². The van der Waals surface area contributed by atoms with Crippen molar-refractivity contribution in [1.29, 1.82) is 0 Å². The van der Waals surface area contributed by atoms with Crippen molar-refractivity contribution < 1.29 is 9.47 Å². The summed E-state index contributed by atoms with van der Waals surface area (Å²) >= 11 is 3.69. The zero-order chi connectivity index (χ0) is 22.2. The van der Waals surface area contributed by atoms with Gasteiger partial charge in [-0.1, -0.05) is 60.7 Å². The predicted molar refractivity (Wildman–Crippen MR) is 140 cm³/mol. The number of methoxy groups -OCH3 is 2. The van der Waals surface area contributed by atoms with Gasteiger partial charge in [0.15, 0.2) is 0 Å². The summed E-state index contributed by atoms with van der Waals surface area (Å²) in [7, 11) is 3.50. The summed E-state index contributed by atoms with van der Waals surface area (Å²) in [4.78, 5) is 5.34. The molecule has 0 aliphatic heterocycles. The highest BCUT2D eigenvalue weighted by Crippen LogP contribution is 2.30. The summed E-state index contributed by atoms with van der Waals surface area (Å²) in [5, 5.41) is 0. The molecule has 2 aromatic carbocycles. The van der Waals surface area contributed by atoms with Crippen molar-refractivity contribution in [3.05, 3.63) is 93.7 Å². The topological polar surface area (TPSA) is 18.5 Å². The minimum absolute atomic E-state index is 0.771. The Kier molecular flexibility index (Phi) is 8.07. The van der Waals surface area contributed by atoms with E-state index in [0.29, 0.717) is 0 Å². The maximum Gasteiger partial charge on any atom is 0.0510 e. The van der Waals surface area contributed by atoms with Crippen molar-refractivity contribution in [3.8, 4) is 20.9 Å². The lowest BCUT2D eigenvalue weighted by molar-refractivity contribution is 0.203. The maximum atomic E-state index is 5.18. The lowest BCUT2D eigenvalue weighted by atomic mass is 10.1. The third-order valence-electron chi connectivity index (χ3n) is 5.29. The van der Waals surface area contributed by atoms with E-state index in [4.69, 9.17) is 9.47 Å². The van der Waals surface area contributed by atoms with Gasteiger partial charge in [0.05, 0.1) is 13.2 Å². The van der Waals surface area contributed by atoms with Gasteiger partial charge in [0, 0.05) is 46.6 Å². The molecular weight excluding hydrogens is 432 g/mol. The van der Waals surface area contributed by atoms with Crippen molar-refractivity contribution in [3.63, 3.8) is 0 Å². The number of ether oxygens (including phenoxy) is 2. The van der Waals surface area contributed by atoms with Crippen molar-refractivity contribution in [1.82, 2.24) is 0 Å². The second kappa shape index (κ2) is 11.4. The summed E-state index contributed by atoms with van der Waals surface area (Å²) in [6.07, 6.45) is 6.29. The Bertz CT molecular complexity index is 1040. The van der Waals surface area contributed by atoms with Gasteiger partial charge in [0.25, 0.3) is 0 Å². The summed E-state index contributed by atoms with van der Waals surface area (Å²) < 4.78 is 10.4. The van der Waals surface area contributed by atoms with Crippen LogP contribution in [0.3, 0.4) is 0 Å². The quantitative estimate of drug-likeness (QED) is 0.226. The SMILES string of the molecule is COCCc1ccc(-c2ccc(/C=C/c3ccc(-c4ccc(CCOC)s4)cc3)cc2)s1. The normalized spacial score (nSPS) is 11.4. The third-order valence-corrected chi connectivity index (χ3v) is 7.68. The summed E-state index contributed by atoms with van der Waals surface area (Å²) in [6.45, 7) is 1.54. The van der Waals surface area contributed by atoms with Crippen LogP contribution in [0, 0.1) is 0 Å². The molecule has 0 N–H and O–H groups in total. The van der Waals surface area contributed by atoms with Crippen LogP contribution >= 0.6 is 22.7 Å². The van der Waals surface area contributed by atoms with Crippen molar-refractivity contribution in [2.75, 3.05) is 27.4 Å². The number of rotatable bonds is 10. The molecule has 4 heteroatoms. The van der Waals surface area contributed by atoms with E-state index in [2.05, 4.69) is 84.9 Å². The summed E-state index contributed by atoms with van der Waals surface area (Å²) in [5.41, 5.74) is 4.94. The van der Waals surface area contributed by atoms with E-state index >= 15 is 0 Å². The molecule has 4 rings (SSSR count). The third kappa shape index (κ3) is 6.05. The average molecular weight is 461 g/mol. The first kappa shape index (κ1) is 22.7. The fourth-order valence-electron chi connectivity index (χ4n) is 3.45. The second-order valence-electron chi connectivity index (χ2n) is 7.59. The van der Waals surface area contributed by atoms with Crippen LogP contribution in [0.5, 0.6) is 0 Å². The van der Waals surface area contributed by atoms with E-state index < -0.39 is 0 Å². The Morgan fingerprint density at radius 3 is 1.34 bits per heavy atom. The molecule has 0 saturated heterocycles. The molecule has 0 aliphatic rings. The molecule has 0 atom stereocenters. The summed E-state index contributed by atoms with van der Waals surface area (Å²) in [6, 6.07) is 26.3.